The van der Waals surface area contributed by atoms with Crippen molar-refractivity contribution in [2.45, 2.75) is 19.8 Å². The van der Waals surface area contributed by atoms with Crippen LogP contribution in [0.25, 0.3) is 5.69 Å². The standard InChI is InChI=1S/C21H19FN6O3/c1-13-16(4-2-6-19(13)28(30)31)21(29)25-11-3-5-18-17(12-23)20(24)27(26-18)15-9-7-14(22)8-10-15/h2,4,6-10H,3,5,11,24H2,1H3,(H,25,29). The number of nitrogens with zero attached hydrogens (tertiary/aromatic N) is 4. The van der Waals surface area contributed by atoms with Gasteiger partial charge < -0.3 is 11.1 Å². The maximum Gasteiger partial charge on any atom is 0.273 e. The van der Waals surface area contributed by atoms with E-state index in [9.17, 15) is 24.6 Å². The Labute approximate surface area is 177 Å². The number of nitro benzene ring substituents is 1. The highest BCUT2D eigenvalue weighted by atomic mass is 19.1. The lowest BCUT2D eigenvalue weighted by molar-refractivity contribution is -0.385. The van der Waals surface area contributed by atoms with E-state index < -0.39 is 16.6 Å². The molecule has 1 heterocycles. The molecule has 0 fully saturated rings. The van der Waals surface area contributed by atoms with Gasteiger partial charge in [0.25, 0.3) is 11.6 Å². The highest BCUT2D eigenvalue weighted by Gasteiger charge is 2.19. The van der Waals surface area contributed by atoms with Crippen LogP contribution in [0.4, 0.5) is 15.9 Å². The van der Waals surface area contributed by atoms with E-state index in [1.807, 2.05) is 6.07 Å². The second-order valence-corrected chi connectivity index (χ2v) is 6.77. The average Bonchev–Trinajstić information content (AvgIpc) is 3.06. The van der Waals surface area contributed by atoms with Crippen LogP contribution in [0, 0.1) is 34.2 Å². The molecule has 0 aliphatic carbocycles. The third-order valence-electron chi connectivity index (χ3n) is 4.80. The Bertz CT molecular complexity index is 1180. The van der Waals surface area contributed by atoms with Gasteiger partial charge in [-0.05, 0) is 50.1 Å². The predicted molar refractivity (Wildman–Crippen MR) is 111 cm³/mol. The van der Waals surface area contributed by atoms with Gasteiger partial charge in [0, 0.05) is 23.7 Å². The minimum absolute atomic E-state index is 0.117. The normalized spacial score (nSPS) is 10.5. The number of nitriles is 1. The molecule has 3 N–H and O–H groups in total. The zero-order valence-corrected chi connectivity index (χ0v) is 16.6. The van der Waals surface area contributed by atoms with Crippen molar-refractivity contribution in [2.75, 3.05) is 12.3 Å². The van der Waals surface area contributed by atoms with Gasteiger partial charge in [0.1, 0.15) is 23.3 Å². The van der Waals surface area contributed by atoms with Gasteiger partial charge in [0.05, 0.1) is 16.3 Å². The van der Waals surface area contributed by atoms with Crippen molar-refractivity contribution in [3.8, 4) is 11.8 Å². The molecule has 2 aromatic carbocycles. The Morgan fingerprint density at radius 2 is 2.03 bits per heavy atom. The maximum absolute atomic E-state index is 13.2. The average molecular weight is 422 g/mol. The first-order valence-electron chi connectivity index (χ1n) is 9.39. The molecular weight excluding hydrogens is 403 g/mol. The first-order valence-corrected chi connectivity index (χ1v) is 9.39. The number of anilines is 1. The minimum Gasteiger partial charge on any atom is -0.382 e. The molecule has 0 saturated heterocycles. The third kappa shape index (κ3) is 4.51. The molecule has 0 atom stereocenters. The summed E-state index contributed by atoms with van der Waals surface area (Å²) in [6, 6.07) is 11.9. The Kier molecular flexibility index (Phi) is 6.26. The summed E-state index contributed by atoms with van der Waals surface area (Å²) in [5.74, 6) is -0.664. The number of amides is 1. The van der Waals surface area contributed by atoms with E-state index in [4.69, 9.17) is 5.73 Å². The second-order valence-electron chi connectivity index (χ2n) is 6.77. The maximum atomic E-state index is 13.2. The van der Waals surface area contributed by atoms with E-state index in [1.165, 1.54) is 54.1 Å². The lowest BCUT2D eigenvalue weighted by Gasteiger charge is -2.07. The minimum atomic E-state index is -0.530. The molecule has 0 saturated carbocycles. The van der Waals surface area contributed by atoms with Crippen LogP contribution in [-0.2, 0) is 6.42 Å². The number of halogens is 1. The summed E-state index contributed by atoms with van der Waals surface area (Å²) >= 11 is 0. The number of carbonyl (C=O) groups excluding carboxylic acids is 1. The topological polar surface area (TPSA) is 140 Å². The summed E-state index contributed by atoms with van der Waals surface area (Å²) in [5, 5.41) is 27.5. The number of carbonyl (C=O) groups is 1. The summed E-state index contributed by atoms with van der Waals surface area (Å²) in [5.41, 5.74) is 7.65. The predicted octanol–water partition coefficient (Wildman–Crippen LogP) is 3.04. The summed E-state index contributed by atoms with van der Waals surface area (Å²) in [6.07, 6.45) is 0.837. The highest BCUT2D eigenvalue weighted by Crippen LogP contribution is 2.22. The smallest absolute Gasteiger partial charge is 0.273 e. The Morgan fingerprint density at radius 3 is 2.68 bits per heavy atom. The molecule has 1 amide bonds. The van der Waals surface area contributed by atoms with Crippen LogP contribution in [0.2, 0.25) is 0 Å². The van der Waals surface area contributed by atoms with Crippen molar-refractivity contribution in [2.24, 2.45) is 0 Å². The van der Waals surface area contributed by atoms with Crippen molar-refractivity contribution in [1.29, 1.82) is 5.26 Å². The molecule has 0 aliphatic rings. The van der Waals surface area contributed by atoms with Gasteiger partial charge in [-0.1, -0.05) is 6.07 Å². The molecule has 158 valence electrons. The summed E-state index contributed by atoms with van der Waals surface area (Å²) in [6.45, 7) is 1.80. The van der Waals surface area contributed by atoms with Crippen molar-refractivity contribution in [3.05, 3.63) is 80.8 Å². The number of nitrogens with one attached hydrogen (secondary N) is 1. The number of aromatic nitrogens is 2. The van der Waals surface area contributed by atoms with Crippen LogP contribution in [0.3, 0.4) is 0 Å². The fraction of sp³-hybridized carbons (Fsp3) is 0.190. The van der Waals surface area contributed by atoms with Gasteiger partial charge in [-0.3, -0.25) is 14.9 Å². The van der Waals surface area contributed by atoms with Crippen LogP contribution in [0.5, 0.6) is 0 Å². The lowest BCUT2D eigenvalue weighted by atomic mass is 10.1. The Hall–Kier alpha value is -4.26. The molecule has 0 bridgehead atoms. The van der Waals surface area contributed by atoms with E-state index >= 15 is 0 Å². The second kappa shape index (κ2) is 9.04. The van der Waals surface area contributed by atoms with Crippen molar-refractivity contribution in [1.82, 2.24) is 15.1 Å². The van der Waals surface area contributed by atoms with Crippen molar-refractivity contribution in [3.63, 3.8) is 0 Å². The Balaban J connectivity index is 1.66. The SMILES string of the molecule is Cc1c(C(=O)NCCCc2nn(-c3ccc(F)cc3)c(N)c2C#N)cccc1[N+](=O)[O-]. The van der Waals surface area contributed by atoms with E-state index in [0.29, 0.717) is 29.8 Å². The molecule has 1 aromatic heterocycles. The number of nitrogen functional groups attached to an aromatic ring is 1. The quantitative estimate of drug-likeness (QED) is 0.341. The first-order chi connectivity index (χ1) is 14.8. The highest BCUT2D eigenvalue weighted by molar-refractivity contribution is 5.96. The molecule has 0 unspecified atom stereocenters. The van der Waals surface area contributed by atoms with E-state index in [1.54, 1.807) is 0 Å². The van der Waals surface area contributed by atoms with Crippen LogP contribution in [0.1, 0.15) is 33.6 Å². The summed E-state index contributed by atoms with van der Waals surface area (Å²) in [4.78, 5) is 22.9. The van der Waals surface area contributed by atoms with Gasteiger partial charge >= 0.3 is 0 Å². The monoisotopic (exact) mass is 422 g/mol. The van der Waals surface area contributed by atoms with Crippen LogP contribution < -0.4 is 11.1 Å². The largest absolute Gasteiger partial charge is 0.382 e. The molecule has 0 radical (unpaired) electrons. The zero-order valence-electron chi connectivity index (χ0n) is 16.6. The van der Waals surface area contributed by atoms with Gasteiger partial charge in [-0.2, -0.15) is 10.4 Å². The molecule has 3 rings (SSSR count). The zero-order chi connectivity index (χ0) is 22.5. The molecular formula is C21H19FN6O3. The lowest BCUT2D eigenvalue weighted by Crippen LogP contribution is -2.25. The van der Waals surface area contributed by atoms with Crippen molar-refractivity contribution >= 4 is 17.4 Å². The van der Waals surface area contributed by atoms with Crippen LogP contribution in [-0.4, -0.2) is 27.2 Å². The van der Waals surface area contributed by atoms with E-state index in [0.717, 1.165) is 0 Å². The molecule has 0 aliphatic heterocycles. The number of nitro groups is 1. The molecule has 3 aromatic rings. The van der Waals surface area contributed by atoms with E-state index in [2.05, 4.69) is 10.4 Å². The fourth-order valence-electron chi connectivity index (χ4n) is 3.17. The van der Waals surface area contributed by atoms with E-state index in [-0.39, 0.29) is 29.2 Å². The number of hydrogen-bond acceptors (Lipinski definition) is 6. The van der Waals surface area contributed by atoms with Gasteiger partial charge in [0.2, 0.25) is 0 Å². The van der Waals surface area contributed by atoms with Crippen LogP contribution >= 0.6 is 0 Å². The number of hydrogen-bond donors (Lipinski definition) is 2. The van der Waals surface area contributed by atoms with Crippen LogP contribution in [0.15, 0.2) is 42.5 Å². The summed E-state index contributed by atoms with van der Waals surface area (Å²) < 4.78 is 14.5. The van der Waals surface area contributed by atoms with Crippen molar-refractivity contribution < 1.29 is 14.1 Å². The molecule has 31 heavy (non-hydrogen) atoms. The number of aryl methyl sites for hydroxylation is 1. The third-order valence-corrected chi connectivity index (χ3v) is 4.80. The molecule has 10 heteroatoms. The first kappa shape index (κ1) is 21.4. The number of nitrogens with two attached hydrogens (primary N) is 1. The fourth-order valence-corrected chi connectivity index (χ4v) is 3.17. The summed E-state index contributed by atoms with van der Waals surface area (Å²) in [7, 11) is 0. The van der Waals surface area contributed by atoms with Gasteiger partial charge in [-0.15, -0.1) is 0 Å². The van der Waals surface area contributed by atoms with Gasteiger partial charge in [0.15, 0.2) is 0 Å². The number of benzene rings is 2. The number of rotatable bonds is 7. The Morgan fingerprint density at radius 1 is 1.32 bits per heavy atom. The van der Waals surface area contributed by atoms with Gasteiger partial charge in [-0.25, -0.2) is 9.07 Å². The molecule has 9 nitrogen and oxygen atoms in total. The molecule has 0 spiro atoms.